The number of oxazole rings is 1. The maximum absolute atomic E-state index is 11.5. The molecule has 0 unspecified atom stereocenters. The van der Waals surface area contributed by atoms with Crippen LogP contribution in [0, 0.1) is 6.92 Å². The lowest BCUT2D eigenvalue weighted by Crippen LogP contribution is -1.96. The maximum Gasteiger partial charge on any atom is 0.192 e. The molecule has 6 heteroatoms. The molecule has 0 atom stereocenters. The highest BCUT2D eigenvalue weighted by Crippen LogP contribution is 2.33. The third-order valence-electron chi connectivity index (χ3n) is 3.07. The molecule has 0 aliphatic carbocycles. The Morgan fingerprint density at radius 1 is 1.10 bits per heavy atom. The smallest absolute Gasteiger partial charge is 0.192 e. The number of hydrogen-bond acceptors (Lipinski definition) is 5. The van der Waals surface area contributed by atoms with Gasteiger partial charge in [0, 0.05) is 29.7 Å². The van der Waals surface area contributed by atoms with Gasteiger partial charge in [0.2, 0.25) is 0 Å². The van der Waals surface area contributed by atoms with Crippen molar-refractivity contribution in [1.82, 2.24) is 4.98 Å². The number of aromatic nitrogens is 1. The summed E-state index contributed by atoms with van der Waals surface area (Å²) < 4.78 is 28.7. The van der Waals surface area contributed by atoms with Crippen LogP contribution >= 0.6 is 11.3 Å². The SMILES string of the molecule is Cc1nc(-c2ccsc2)c(-c2ccc(S(C)(=O)=O)cc2)o1. The second-order valence-electron chi connectivity index (χ2n) is 4.72. The molecule has 0 aliphatic rings. The van der Waals surface area contributed by atoms with Crippen molar-refractivity contribution in [3.8, 4) is 22.6 Å². The Morgan fingerprint density at radius 2 is 1.81 bits per heavy atom. The quantitative estimate of drug-likeness (QED) is 0.737. The Morgan fingerprint density at radius 3 is 2.38 bits per heavy atom. The monoisotopic (exact) mass is 319 g/mol. The van der Waals surface area contributed by atoms with Crippen LogP contribution in [0.1, 0.15) is 5.89 Å². The predicted octanol–water partition coefficient (Wildman–Crippen LogP) is 3.78. The van der Waals surface area contributed by atoms with Crippen LogP contribution in [0.2, 0.25) is 0 Å². The number of hydrogen-bond donors (Lipinski definition) is 0. The first kappa shape index (κ1) is 14.0. The Kier molecular flexibility index (Phi) is 3.43. The summed E-state index contributed by atoms with van der Waals surface area (Å²) in [6, 6.07) is 8.63. The molecule has 21 heavy (non-hydrogen) atoms. The average Bonchev–Trinajstić information content (AvgIpc) is 3.06. The van der Waals surface area contributed by atoms with Crippen molar-refractivity contribution in [1.29, 1.82) is 0 Å². The van der Waals surface area contributed by atoms with Gasteiger partial charge in [-0.2, -0.15) is 11.3 Å². The molecule has 108 valence electrons. The highest BCUT2D eigenvalue weighted by Gasteiger charge is 2.16. The third-order valence-corrected chi connectivity index (χ3v) is 4.89. The van der Waals surface area contributed by atoms with E-state index in [2.05, 4.69) is 4.98 Å². The van der Waals surface area contributed by atoms with Gasteiger partial charge < -0.3 is 4.42 Å². The number of sulfone groups is 1. The van der Waals surface area contributed by atoms with Crippen LogP contribution in [0.3, 0.4) is 0 Å². The molecule has 0 bridgehead atoms. The van der Waals surface area contributed by atoms with Crippen LogP contribution in [0.15, 0.2) is 50.4 Å². The van der Waals surface area contributed by atoms with E-state index in [1.165, 1.54) is 6.26 Å². The van der Waals surface area contributed by atoms with Gasteiger partial charge in [0.1, 0.15) is 5.69 Å². The van der Waals surface area contributed by atoms with Crippen molar-refractivity contribution in [3.05, 3.63) is 47.0 Å². The minimum absolute atomic E-state index is 0.291. The fraction of sp³-hybridized carbons (Fsp3) is 0.133. The van der Waals surface area contributed by atoms with Crippen LogP contribution in [0.4, 0.5) is 0 Å². The predicted molar refractivity (Wildman–Crippen MR) is 83.1 cm³/mol. The molecule has 0 radical (unpaired) electrons. The molecule has 0 N–H and O–H groups in total. The first-order valence-electron chi connectivity index (χ1n) is 6.25. The van der Waals surface area contributed by atoms with Gasteiger partial charge in [-0.05, 0) is 35.7 Å². The van der Waals surface area contributed by atoms with Gasteiger partial charge in [-0.25, -0.2) is 13.4 Å². The summed E-state index contributed by atoms with van der Waals surface area (Å²) in [5, 5.41) is 3.99. The van der Waals surface area contributed by atoms with E-state index >= 15 is 0 Å². The molecular formula is C15H13NO3S2. The largest absolute Gasteiger partial charge is 0.440 e. The highest BCUT2D eigenvalue weighted by atomic mass is 32.2. The Bertz CT molecular complexity index is 860. The summed E-state index contributed by atoms with van der Waals surface area (Å²) in [5.41, 5.74) is 2.59. The normalized spacial score (nSPS) is 11.7. The lowest BCUT2D eigenvalue weighted by Gasteiger charge is -2.02. The zero-order valence-corrected chi connectivity index (χ0v) is 13.2. The summed E-state index contributed by atoms with van der Waals surface area (Å²) >= 11 is 1.59. The number of thiophene rings is 1. The summed E-state index contributed by atoms with van der Waals surface area (Å²) in [4.78, 5) is 4.71. The van der Waals surface area contributed by atoms with Crippen LogP contribution in [0.5, 0.6) is 0 Å². The summed E-state index contributed by atoms with van der Waals surface area (Å²) in [5.74, 6) is 1.24. The fourth-order valence-corrected chi connectivity index (χ4v) is 3.34. The minimum Gasteiger partial charge on any atom is -0.440 e. The van der Waals surface area contributed by atoms with Crippen molar-refractivity contribution in [2.75, 3.05) is 6.26 Å². The van der Waals surface area contributed by atoms with Crippen molar-refractivity contribution in [2.24, 2.45) is 0 Å². The van der Waals surface area contributed by atoms with E-state index in [1.807, 2.05) is 16.8 Å². The van der Waals surface area contributed by atoms with E-state index in [9.17, 15) is 8.42 Å². The Hall–Kier alpha value is -1.92. The van der Waals surface area contributed by atoms with E-state index in [1.54, 1.807) is 42.5 Å². The zero-order chi connectivity index (χ0) is 15.0. The summed E-state index contributed by atoms with van der Waals surface area (Å²) in [6.07, 6.45) is 1.19. The van der Waals surface area contributed by atoms with Crippen LogP contribution in [-0.4, -0.2) is 19.7 Å². The van der Waals surface area contributed by atoms with Gasteiger partial charge >= 0.3 is 0 Å². The molecule has 0 fully saturated rings. The lowest BCUT2D eigenvalue weighted by atomic mass is 10.1. The van der Waals surface area contributed by atoms with Crippen molar-refractivity contribution in [3.63, 3.8) is 0 Å². The molecule has 0 amide bonds. The number of nitrogens with zero attached hydrogens (tertiary/aromatic N) is 1. The molecule has 0 spiro atoms. The Balaban J connectivity index is 2.09. The fourth-order valence-electron chi connectivity index (χ4n) is 2.07. The van der Waals surface area contributed by atoms with E-state index in [-0.39, 0.29) is 0 Å². The number of aryl methyl sites for hydroxylation is 1. The van der Waals surface area contributed by atoms with Crippen molar-refractivity contribution < 1.29 is 12.8 Å². The molecule has 3 rings (SSSR count). The molecule has 1 aromatic carbocycles. The zero-order valence-electron chi connectivity index (χ0n) is 11.5. The molecule has 4 nitrogen and oxygen atoms in total. The van der Waals surface area contributed by atoms with Crippen LogP contribution < -0.4 is 0 Å². The number of benzene rings is 1. The van der Waals surface area contributed by atoms with Crippen molar-refractivity contribution >= 4 is 21.2 Å². The molecule has 0 aliphatic heterocycles. The summed E-state index contributed by atoms with van der Waals surface area (Å²) in [6.45, 7) is 1.80. The number of rotatable bonds is 3. The van der Waals surface area contributed by atoms with Crippen molar-refractivity contribution in [2.45, 2.75) is 11.8 Å². The highest BCUT2D eigenvalue weighted by molar-refractivity contribution is 7.90. The average molecular weight is 319 g/mol. The second kappa shape index (κ2) is 5.13. The molecule has 0 saturated heterocycles. The van der Waals surface area contributed by atoms with E-state index in [0.29, 0.717) is 16.5 Å². The van der Waals surface area contributed by atoms with Gasteiger partial charge in [0.15, 0.2) is 21.5 Å². The van der Waals surface area contributed by atoms with Gasteiger partial charge in [-0.15, -0.1) is 0 Å². The first-order valence-corrected chi connectivity index (χ1v) is 9.09. The van der Waals surface area contributed by atoms with Gasteiger partial charge in [-0.3, -0.25) is 0 Å². The molecular weight excluding hydrogens is 306 g/mol. The minimum atomic E-state index is -3.19. The molecule has 2 heterocycles. The molecule has 0 saturated carbocycles. The Labute approximate surface area is 127 Å². The van der Waals surface area contributed by atoms with Crippen LogP contribution in [-0.2, 0) is 9.84 Å². The standard InChI is InChI=1S/C15H13NO3S2/c1-10-16-14(12-7-8-20-9-12)15(19-10)11-3-5-13(6-4-11)21(2,17)18/h3-9H,1-2H3. The van der Waals surface area contributed by atoms with Crippen LogP contribution in [0.25, 0.3) is 22.6 Å². The van der Waals surface area contributed by atoms with Gasteiger partial charge in [0.25, 0.3) is 0 Å². The van der Waals surface area contributed by atoms with Gasteiger partial charge in [-0.1, -0.05) is 0 Å². The molecule has 2 aromatic heterocycles. The topological polar surface area (TPSA) is 60.2 Å². The van der Waals surface area contributed by atoms with E-state index < -0.39 is 9.84 Å². The second-order valence-corrected chi connectivity index (χ2v) is 7.51. The first-order chi connectivity index (χ1) is 9.95. The summed E-state index contributed by atoms with van der Waals surface area (Å²) in [7, 11) is -3.19. The molecule has 3 aromatic rings. The van der Waals surface area contributed by atoms with E-state index in [0.717, 1.165) is 16.8 Å². The van der Waals surface area contributed by atoms with Gasteiger partial charge in [0.05, 0.1) is 4.90 Å². The maximum atomic E-state index is 11.5. The lowest BCUT2D eigenvalue weighted by molar-refractivity contribution is 0.534. The van der Waals surface area contributed by atoms with E-state index in [4.69, 9.17) is 4.42 Å². The third kappa shape index (κ3) is 2.77.